The summed E-state index contributed by atoms with van der Waals surface area (Å²) in [6.45, 7) is 8.49. The molecular formula is C13H23N3S. The van der Waals surface area contributed by atoms with Crippen LogP contribution in [0.3, 0.4) is 0 Å². The molecule has 96 valence electrons. The van der Waals surface area contributed by atoms with Crippen molar-refractivity contribution in [3.63, 3.8) is 0 Å². The molecule has 1 aromatic rings. The van der Waals surface area contributed by atoms with Gasteiger partial charge in [0.2, 0.25) is 0 Å². The van der Waals surface area contributed by atoms with E-state index in [9.17, 15) is 0 Å². The number of nitrogens with zero attached hydrogens (tertiary/aromatic N) is 2. The Morgan fingerprint density at radius 3 is 2.71 bits per heavy atom. The maximum atomic E-state index is 4.45. The molecule has 0 amide bonds. The zero-order valence-corrected chi connectivity index (χ0v) is 12.1. The summed E-state index contributed by atoms with van der Waals surface area (Å²) in [6.07, 6.45) is 2.77. The lowest BCUT2D eigenvalue weighted by Gasteiger charge is -2.24. The Balaban J connectivity index is 1.73. The minimum absolute atomic E-state index is 0.622. The van der Waals surface area contributed by atoms with Gasteiger partial charge in [-0.1, -0.05) is 0 Å². The van der Waals surface area contributed by atoms with Gasteiger partial charge in [0, 0.05) is 30.1 Å². The topological polar surface area (TPSA) is 28.2 Å². The van der Waals surface area contributed by atoms with E-state index < -0.39 is 0 Å². The van der Waals surface area contributed by atoms with Crippen LogP contribution < -0.4 is 5.32 Å². The van der Waals surface area contributed by atoms with Gasteiger partial charge in [-0.2, -0.15) is 0 Å². The Hall–Kier alpha value is -0.450. The van der Waals surface area contributed by atoms with Crippen molar-refractivity contribution in [1.29, 1.82) is 0 Å². The van der Waals surface area contributed by atoms with E-state index in [1.807, 2.05) is 0 Å². The molecule has 0 bridgehead atoms. The number of thiazole rings is 1. The maximum Gasteiger partial charge on any atom is 0.0900 e. The third-order valence-electron chi connectivity index (χ3n) is 3.54. The molecule has 1 unspecified atom stereocenters. The standard InChI is InChI=1S/C13H23N3S/c1-9(16(4)12-5-6-12)7-14-8-13-10(2)15-11(3)17-13/h9,12,14H,5-8H2,1-4H3. The second-order valence-electron chi connectivity index (χ2n) is 5.12. The molecule has 1 heterocycles. The summed E-state index contributed by atoms with van der Waals surface area (Å²) in [5.74, 6) is 0. The van der Waals surface area contributed by atoms with Crippen molar-refractivity contribution in [1.82, 2.24) is 15.2 Å². The molecule has 1 saturated carbocycles. The number of likely N-dealkylation sites (N-methyl/N-ethyl adjacent to an activating group) is 1. The van der Waals surface area contributed by atoms with Gasteiger partial charge in [0.25, 0.3) is 0 Å². The van der Waals surface area contributed by atoms with E-state index >= 15 is 0 Å². The molecule has 1 aliphatic rings. The molecule has 1 atom stereocenters. The average Bonchev–Trinajstić information content (AvgIpc) is 3.05. The highest BCUT2D eigenvalue weighted by Crippen LogP contribution is 2.26. The lowest BCUT2D eigenvalue weighted by molar-refractivity contribution is 0.241. The molecule has 0 spiro atoms. The molecule has 1 fully saturated rings. The highest BCUT2D eigenvalue weighted by molar-refractivity contribution is 7.11. The van der Waals surface area contributed by atoms with Gasteiger partial charge in [-0.05, 0) is 40.7 Å². The van der Waals surface area contributed by atoms with Crippen molar-refractivity contribution in [3.05, 3.63) is 15.6 Å². The van der Waals surface area contributed by atoms with Crippen molar-refractivity contribution >= 4 is 11.3 Å². The first kappa shape index (κ1) is 13.0. The van der Waals surface area contributed by atoms with E-state index in [-0.39, 0.29) is 0 Å². The normalized spacial score (nSPS) is 17.7. The predicted octanol–water partition coefficient (Wildman–Crippen LogP) is 2.33. The van der Waals surface area contributed by atoms with Gasteiger partial charge < -0.3 is 5.32 Å². The van der Waals surface area contributed by atoms with E-state index in [1.54, 1.807) is 11.3 Å². The molecule has 1 aliphatic carbocycles. The third-order valence-corrected chi connectivity index (χ3v) is 4.62. The van der Waals surface area contributed by atoms with Gasteiger partial charge in [-0.3, -0.25) is 4.90 Å². The summed E-state index contributed by atoms with van der Waals surface area (Å²) in [6, 6.07) is 1.47. The highest BCUT2D eigenvalue weighted by Gasteiger charge is 2.28. The van der Waals surface area contributed by atoms with Crippen LogP contribution in [0.5, 0.6) is 0 Å². The molecule has 17 heavy (non-hydrogen) atoms. The van der Waals surface area contributed by atoms with E-state index in [2.05, 4.69) is 43.0 Å². The lowest BCUT2D eigenvalue weighted by atomic mass is 10.3. The van der Waals surface area contributed by atoms with E-state index in [1.165, 1.54) is 28.4 Å². The first-order valence-corrected chi connectivity index (χ1v) is 7.25. The molecule has 1 aromatic heterocycles. The van der Waals surface area contributed by atoms with Crippen LogP contribution in [0.4, 0.5) is 0 Å². The van der Waals surface area contributed by atoms with E-state index in [0.717, 1.165) is 19.1 Å². The second-order valence-corrected chi connectivity index (χ2v) is 6.41. The molecule has 3 nitrogen and oxygen atoms in total. The molecule has 0 aliphatic heterocycles. The number of hydrogen-bond donors (Lipinski definition) is 1. The molecule has 1 N–H and O–H groups in total. The number of nitrogens with one attached hydrogen (secondary N) is 1. The van der Waals surface area contributed by atoms with Gasteiger partial charge in [0.15, 0.2) is 0 Å². The number of rotatable bonds is 6. The number of aryl methyl sites for hydroxylation is 2. The van der Waals surface area contributed by atoms with Crippen LogP contribution in [0.2, 0.25) is 0 Å². The smallest absolute Gasteiger partial charge is 0.0900 e. The van der Waals surface area contributed by atoms with Gasteiger partial charge in [0.05, 0.1) is 10.7 Å². The minimum atomic E-state index is 0.622. The summed E-state index contributed by atoms with van der Waals surface area (Å²) >= 11 is 1.81. The summed E-state index contributed by atoms with van der Waals surface area (Å²) in [5, 5.41) is 4.72. The van der Waals surface area contributed by atoms with Crippen LogP contribution in [-0.2, 0) is 6.54 Å². The Bertz CT molecular complexity index is 371. The van der Waals surface area contributed by atoms with Crippen LogP contribution in [0.1, 0.15) is 35.3 Å². The number of aromatic nitrogens is 1. The number of hydrogen-bond acceptors (Lipinski definition) is 4. The van der Waals surface area contributed by atoms with Gasteiger partial charge >= 0.3 is 0 Å². The van der Waals surface area contributed by atoms with Crippen LogP contribution in [0.15, 0.2) is 0 Å². The summed E-state index contributed by atoms with van der Waals surface area (Å²) in [7, 11) is 2.24. The molecule has 0 aromatic carbocycles. The largest absolute Gasteiger partial charge is 0.310 e. The highest BCUT2D eigenvalue weighted by atomic mass is 32.1. The van der Waals surface area contributed by atoms with Crippen molar-refractivity contribution < 1.29 is 0 Å². The van der Waals surface area contributed by atoms with Crippen molar-refractivity contribution in [3.8, 4) is 0 Å². The fourth-order valence-corrected chi connectivity index (χ4v) is 3.02. The van der Waals surface area contributed by atoms with Crippen LogP contribution in [0.25, 0.3) is 0 Å². The van der Waals surface area contributed by atoms with E-state index in [4.69, 9.17) is 0 Å². The van der Waals surface area contributed by atoms with Crippen LogP contribution >= 0.6 is 11.3 Å². The molecule has 0 saturated heterocycles. The molecule has 0 radical (unpaired) electrons. The fraction of sp³-hybridized carbons (Fsp3) is 0.769. The Labute approximate surface area is 108 Å². The Morgan fingerprint density at radius 1 is 1.47 bits per heavy atom. The molecule has 4 heteroatoms. The predicted molar refractivity (Wildman–Crippen MR) is 73.5 cm³/mol. The summed E-state index contributed by atoms with van der Waals surface area (Å²) in [4.78, 5) is 8.33. The third kappa shape index (κ3) is 3.50. The first-order valence-electron chi connectivity index (χ1n) is 6.43. The van der Waals surface area contributed by atoms with Gasteiger partial charge in [-0.25, -0.2) is 4.98 Å². The average molecular weight is 253 g/mol. The van der Waals surface area contributed by atoms with Crippen LogP contribution in [0, 0.1) is 13.8 Å². The molecule has 2 rings (SSSR count). The van der Waals surface area contributed by atoms with E-state index in [0.29, 0.717) is 6.04 Å². The maximum absolute atomic E-state index is 4.45. The molecular weight excluding hydrogens is 230 g/mol. The van der Waals surface area contributed by atoms with Gasteiger partial charge in [-0.15, -0.1) is 11.3 Å². The second kappa shape index (κ2) is 5.46. The van der Waals surface area contributed by atoms with Crippen molar-refractivity contribution in [2.45, 2.75) is 52.2 Å². The zero-order chi connectivity index (χ0) is 12.4. The monoisotopic (exact) mass is 253 g/mol. The zero-order valence-electron chi connectivity index (χ0n) is 11.3. The Kier molecular flexibility index (Phi) is 4.17. The van der Waals surface area contributed by atoms with Gasteiger partial charge in [0.1, 0.15) is 0 Å². The minimum Gasteiger partial charge on any atom is -0.310 e. The van der Waals surface area contributed by atoms with Crippen LogP contribution in [-0.4, -0.2) is 35.6 Å². The lowest BCUT2D eigenvalue weighted by Crippen LogP contribution is -2.38. The first-order chi connectivity index (χ1) is 8.08. The van der Waals surface area contributed by atoms with Crippen molar-refractivity contribution in [2.24, 2.45) is 0 Å². The summed E-state index contributed by atoms with van der Waals surface area (Å²) in [5.41, 5.74) is 1.18. The summed E-state index contributed by atoms with van der Waals surface area (Å²) < 4.78 is 0. The Morgan fingerprint density at radius 2 is 2.18 bits per heavy atom. The fourth-order valence-electron chi connectivity index (χ4n) is 2.12. The SMILES string of the molecule is Cc1nc(C)c(CNCC(C)N(C)C2CC2)s1. The van der Waals surface area contributed by atoms with Crippen molar-refractivity contribution in [2.75, 3.05) is 13.6 Å². The quantitative estimate of drug-likeness (QED) is 0.843.